The van der Waals surface area contributed by atoms with Gasteiger partial charge in [0, 0.05) is 31.1 Å². The lowest BCUT2D eigenvalue weighted by molar-refractivity contribution is -0.143. The van der Waals surface area contributed by atoms with E-state index in [1.165, 1.54) is 19.1 Å². The molecule has 182 valence electrons. The number of piperidine rings is 1. The first kappa shape index (κ1) is 26.8. The molecule has 0 aliphatic carbocycles. The number of rotatable bonds is 4. The van der Waals surface area contributed by atoms with E-state index in [0.717, 1.165) is 5.56 Å². The number of likely N-dealkylation sites (N-methyl/N-ethyl adjacent to an activating group) is 1. The minimum absolute atomic E-state index is 0. The van der Waals surface area contributed by atoms with E-state index >= 15 is 0 Å². The molecule has 0 spiro atoms. The number of ether oxygens (including phenoxy) is 1. The molecule has 2 unspecified atom stereocenters. The van der Waals surface area contributed by atoms with Crippen LogP contribution in [0, 0.1) is 0 Å². The van der Waals surface area contributed by atoms with E-state index in [9.17, 15) is 31.1 Å². The number of benzene rings is 2. The quantitative estimate of drug-likeness (QED) is 0.578. The molecular formula is C22H23ClF6N2O2. The summed E-state index contributed by atoms with van der Waals surface area (Å²) in [6.07, 6.45) is -9.55. The molecule has 1 aliphatic rings. The largest absolute Gasteiger partial charge is 0.497 e. The van der Waals surface area contributed by atoms with Crippen LogP contribution in [0.25, 0.3) is 0 Å². The van der Waals surface area contributed by atoms with Crippen LogP contribution in [0.3, 0.4) is 0 Å². The lowest BCUT2D eigenvalue weighted by atomic mass is 9.85. The van der Waals surface area contributed by atoms with Crippen LogP contribution in [0.5, 0.6) is 5.75 Å². The number of hydrogen-bond acceptors (Lipinski definition) is 3. The van der Waals surface area contributed by atoms with Gasteiger partial charge in [0.2, 0.25) is 0 Å². The van der Waals surface area contributed by atoms with Gasteiger partial charge >= 0.3 is 12.4 Å². The van der Waals surface area contributed by atoms with Gasteiger partial charge in [-0.15, -0.1) is 12.4 Å². The summed E-state index contributed by atoms with van der Waals surface area (Å²) in [6, 6.07) is 7.70. The average Bonchev–Trinajstić information content (AvgIpc) is 2.76. The molecule has 1 aliphatic heterocycles. The van der Waals surface area contributed by atoms with Crippen molar-refractivity contribution in [3.8, 4) is 5.75 Å². The third kappa shape index (κ3) is 6.11. The summed E-state index contributed by atoms with van der Waals surface area (Å²) >= 11 is 0. The Morgan fingerprint density at radius 2 is 1.55 bits per heavy atom. The lowest BCUT2D eigenvalue weighted by Gasteiger charge is -2.39. The van der Waals surface area contributed by atoms with Crippen molar-refractivity contribution >= 4 is 18.3 Å². The van der Waals surface area contributed by atoms with Gasteiger partial charge < -0.3 is 15.0 Å². The number of carbonyl (C=O) groups excluding carboxylic acids is 1. The first-order valence-corrected chi connectivity index (χ1v) is 9.83. The molecule has 0 radical (unpaired) electrons. The van der Waals surface area contributed by atoms with E-state index in [-0.39, 0.29) is 24.4 Å². The molecule has 0 saturated carbocycles. The molecule has 1 N–H and O–H groups in total. The topological polar surface area (TPSA) is 41.6 Å². The van der Waals surface area contributed by atoms with Crippen LogP contribution < -0.4 is 10.1 Å². The van der Waals surface area contributed by atoms with Gasteiger partial charge in [-0.1, -0.05) is 12.1 Å². The molecule has 33 heavy (non-hydrogen) atoms. The standard InChI is InChI=1S/C22H22F6N2O2.ClH/c1-30(19-7-8-29-12-18(19)13-3-5-17(32-2)6-4-13)20(31)14-9-15(21(23,24)25)11-16(10-14)22(26,27)28;/h3-6,9-11,18-19,29H,7-8,12H2,1-2H3;1H. The summed E-state index contributed by atoms with van der Waals surface area (Å²) < 4.78 is 84.3. The highest BCUT2D eigenvalue weighted by Gasteiger charge is 2.39. The van der Waals surface area contributed by atoms with Gasteiger partial charge in [-0.25, -0.2) is 0 Å². The van der Waals surface area contributed by atoms with Gasteiger partial charge in [-0.2, -0.15) is 26.3 Å². The molecule has 1 heterocycles. The Kier molecular flexibility index (Phi) is 8.29. The Labute approximate surface area is 193 Å². The number of alkyl halides is 6. The summed E-state index contributed by atoms with van der Waals surface area (Å²) in [4.78, 5) is 14.3. The van der Waals surface area contributed by atoms with Crippen LogP contribution in [0.2, 0.25) is 0 Å². The maximum Gasteiger partial charge on any atom is 0.416 e. The maximum atomic E-state index is 13.2. The zero-order valence-corrected chi connectivity index (χ0v) is 18.6. The molecule has 2 aromatic rings. The van der Waals surface area contributed by atoms with Crippen molar-refractivity contribution in [3.05, 3.63) is 64.7 Å². The summed E-state index contributed by atoms with van der Waals surface area (Å²) in [5, 5.41) is 3.22. The van der Waals surface area contributed by atoms with Crippen molar-refractivity contribution in [2.24, 2.45) is 0 Å². The molecule has 1 amide bonds. The van der Waals surface area contributed by atoms with Crippen molar-refractivity contribution < 1.29 is 35.9 Å². The molecule has 11 heteroatoms. The van der Waals surface area contributed by atoms with Crippen molar-refractivity contribution in [1.29, 1.82) is 0 Å². The molecule has 3 rings (SSSR count). The van der Waals surface area contributed by atoms with Gasteiger partial charge in [0.15, 0.2) is 0 Å². The van der Waals surface area contributed by atoms with E-state index < -0.39 is 41.0 Å². The zero-order valence-electron chi connectivity index (χ0n) is 17.8. The van der Waals surface area contributed by atoms with E-state index in [0.29, 0.717) is 37.4 Å². The van der Waals surface area contributed by atoms with Crippen LogP contribution in [-0.4, -0.2) is 44.1 Å². The van der Waals surface area contributed by atoms with E-state index in [2.05, 4.69) is 5.32 Å². The minimum atomic E-state index is -5.02. The van der Waals surface area contributed by atoms with Crippen LogP contribution in [0.15, 0.2) is 42.5 Å². The van der Waals surface area contributed by atoms with E-state index in [1.807, 2.05) is 12.1 Å². The average molecular weight is 497 g/mol. The highest BCUT2D eigenvalue weighted by atomic mass is 35.5. The second kappa shape index (κ2) is 10.2. The predicted molar refractivity (Wildman–Crippen MR) is 113 cm³/mol. The Morgan fingerprint density at radius 3 is 2.03 bits per heavy atom. The third-order valence-corrected chi connectivity index (χ3v) is 5.64. The number of nitrogens with one attached hydrogen (secondary N) is 1. The second-order valence-electron chi connectivity index (χ2n) is 7.65. The van der Waals surface area contributed by atoms with Crippen LogP contribution in [0.4, 0.5) is 26.3 Å². The summed E-state index contributed by atoms with van der Waals surface area (Å²) in [7, 11) is 2.93. The SMILES string of the molecule is COc1ccc(C2CNCCC2N(C)C(=O)c2cc(C(F)(F)F)cc(C(F)(F)F)c2)cc1.Cl. The molecule has 1 saturated heterocycles. The molecule has 1 fully saturated rings. The van der Waals surface area contributed by atoms with Crippen LogP contribution >= 0.6 is 12.4 Å². The molecule has 2 aromatic carbocycles. The number of hydrogen-bond donors (Lipinski definition) is 1. The summed E-state index contributed by atoms with van der Waals surface area (Å²) in [5.41, 5.74) is -2.80. The first-order valence-electron chi connectivity index (χ1n) is 9.83. The lowest BCUT2D eigenvalue weighted by Crippen LogP contribution is -2.49. The highest BCUT2D eigenvalue weighted by molar-refractivity contribution is 5.95. The number of nitrogens with zero attached hydrogens (tertiary/aromatic N) is 1. The number of halogens is 7. The monoisotopic (exact) mass is 496 g/mol. The predicted octanol–water partition coefficient (Wildman–Crippen LogP) is 5.37. The maximum absolute atomic E-state index is 13.2. The Balaban J connectivity index is 0.00000385. The minimum Gasteiger partial charge on any atom is -0.497 e. The van der Waals surface area contributed by atoms with Gasteiger partial charge in [0.1, 0.15) is 5.75 Å². The molecule has 0 bridgehead atoms. The fourth-order valence-electron chi connectivity index (χ4n) is 3.93. The molecule has 4 nitrogen and oxygen atoms in total. The van der Waals surface area contributed by atoms with E-state index in [4.69, 9.17) is 4.74 Å². The first-order chi connectivity index (χ1) is 14.9. The Bertz CT molecular complexity index is 931. The van der Waals surface area contributed by atoms with E-state index in [1.54, 1.807) is 12.1 Å². The normalized spacial score (nSPS) is 18.9. The van der Waals surface area contributed by atoms with Crippen LogP contribution in [0.1, 0.15) is 39.4 Å². The molecule has 2 atom stereocenters. The van der Waals surface area contributed by atoms with Gasteiger partial charge in [0.25, 0.3) is 5.91 Å². The second-order valence-corrected chi connectivity index (χ2v) is 7.65. The number of carbonyl (C=O) groups is 1. The third-order valence-electron chi connectivity index (χ3n) is 5.64. The van der Waals surface area contributed by atoms with Crippen LogP contribution in [-0.2, 0) is 12.4 Å². The highest BCUT2D eigenvalue weighted by Crippen LogP contribution is 2.37. The van der Waals surface area contributed by atoms with Crippen molar-refractivity contribution in [2.75, 3.05) is 27.2 Å². The van der Waals surface area contributed by atoms with Crippen molar-refractivity contribution in [2.45, 2.75) is 30.7 Å². The number of amides is 1. The fourth-order valence-corrected chi connectivity index (χ4v) is 3.93. The molecule has 0 aromatic heterocycles. The van der Waals surface area contributed by atoms with Crippen molar-refractivity contribution in [1.82, 2.24) is 10.2 Å². The summed E-state index contributed by atoms with van der Waals surface area (Å²) in [6.45, 7) is 1.07. The van der Waals surface area contributed by atoms with Crippen molar-refractivity contribution in [3.63, 3.8) is 0 Å². The van der Waals surface area contributed by atoms with Gasteiger partial charge in [-0.3, -0.25) is 4.79 Å². The van der Waals surface area contributed by atoms with Gasteiger partial charge in [-0.05, 0) is 48.9 Å². The molecular weight excluding hydrogens is 474 g/mol. The Hall–Kier alpha value is -2.46. The summed E-state index contributed by atoms with van der Waals surface area (Å²) in [5.74, 6) is -0.453. The Morgan fingerprint density at radius 1 is 1.00 bits per heavy atom. The smallest absolute Gasteiger partial charge is 0.416 e. The zero-order chi connectivity index (χ0) is 23.7. The number of methoxy groups -OCH3 is 1. The van der Waals surface area contributed by atoms with Gasteiger partial charge in [0.05, 0.1) is 18.2 Å². The fraction of sp³-hybridized carbons (Fsp3) is 0.409.